The lowest BCUT2D eigenvalue weighted by molar-refractivity contribution is -0.125. The van der Waals surface area contributed by atoms with Crippen molar-refractivity contribution in [2.24, 2.45) is 5.73 Å². The molecule has 2 rings (SSSR count). The monoisotopic (exact) mass is 409 g/mol. The zero-order valence-electron chi connectivity index (χ0n) is 16.4. The summed E-state index contributed by atoms with van der Waals surface area (Å²) >= 11 is 0. The molecule has 0 heterocycles. The first-order valence-corrected chi connectivity index (χ1v) is 9.18. The smallest absolute Gasteiger partial charge is 0.251 e. The number of aliphatic hydroxyl groups is 2. The Hall–Kier alpha value is -3.51. The van der Waals surface area contributed by atoms with Crippen molar-refractivity contribution in [2.45, 2.75) is 19.1 Å². The van der Waals surface area contributed by atoms with Gasteiger partial charge in [-0.3, -0.25) is 14.4 Å². The van der Waals surface area contributed by atoms with Crippen LogP contribution in [0.4, 0.5) is 5.69 Å². The first-order valence-electron chi connectivity index (χ1n) is 9.18. The maximum atomic E-state index is 12.3. The molecule has 0 radical (unpaired) electrons. The normalized spacial score (nSPS) is 12.1. The van der Waals surface area contributed by atoms with E-state index in [2.05, 4.69) is 22.5 Å². The number of nitrogens with one attached hydrogen (secondary N) is 2. The van der Waals surface area contributed by atoms with Gasteiger partial charge in [-0.1, -0.05) is 11.8 Å². The Balaban J connectivity index is 2.03. The molecule has 0 saturated carbocycles. The molecule has 0 unspecified atom stereocenters. The number of benzene rings is 2. The highest BCUT2D eigenvalue weighted by Crippen LogP contribution is 2.09. The van der Waals surface area contributed by atoms with Crippen LogP contribution in [0.25, 0.3) is 0 Å². The number of amides is 2. The van der Waals surface area contributed by atoms with Crippen molar-refractivity contribution < 1.29 is 24.6 Å². The molecule has 2 amide bonds. The van der Waals surface area contributed by atoms with Crippen LogP contribution in [0.1, 0.15) is 28.4 Å². The second-order valence-electron chi connectivity index (χ2n) is 6.47. The van der Waals surface area contributed by atoms with Crippen molar-refractivity contribution in [1.82, 2.24) is 5.32 Å². The van der Waals surface area contributed by atoms with E-state index in [4.69, 9.17) is 10.8 Å². The fourth-order valence-corrected chi connectivity index (χ4v) is 2.49. The van der Waals surface area contributed by atoms with Crippen molar-refractivity contribution in [3.63, 3.8) is 0 Å². The van der Waals surface area contributed by atoms with Crippen molar-refractivity contribution >= 4 is 23.3 Å². The van der Waals surface area contributed by atoms with Crippen LogP contribution in [0.15, 0.2) is 48.5 Å². The van der Waals surface area contributed by atoms with Gasteiger partial charge in [-0.2, -0.15) is 0 Å². The molecular formula is C22H23N3O5. The summed E-state index contributed by atoms with van der Waals surface area (Å²) in [5, 5.41) is 23.6. The number of Topliss-reactive ketones (excluding diaryl/α,β-unsaturated/α-hetero) is 1. The van der Waals surface area contributed by atoms with E-state index in [1.54, 1.807) is 48.5 Å². The minimum Gasteiger partial charge on any atom is -0.391 e. The van der Waals surface area contributed by atoms with E-state index in [0.717, 1.165) is 5.56 Å². The second-order valence-corrected chi connectivity index (χ2v) is 6.47. The molecule has 0 aromatic heterocycles. The summed E-state index contributed by atoms with van der Waals surface area (Å²) in [6.45, 7) is 0.494. The quantitative estimate of drug-likeness (QED) is 0.408. The minimum atomic E-state index is -1.18. The van der Waals surface area contributed by atoms with E-state index in [1.165, 1.54) is 6.92 Å². The van der Waals surface area contributed by atoms with Gasteiger partial charge in [-0.25, -0.2) is 0 Å². The van der Waals surface area contributed by atoms with Crippen molar-refractivity contribution in [1.29, 1.82) is 0 Å². The molecular weight excluding hydrogens is 386 g/mol. The number of carbonyl (C=O) groups excluding carboxylic acids is 3. The number of anilines is 1. The van der Waals surface area contributed by atoms with Crippen LogP contribution in [0.3, 0.4) is 0 Å². The molecule has 6 N–H and O–H groups in total. The molecule has 156 valence electrons. The summed E-state index contributed by atoms with van der Waals surface area (Å²) in [6.07, 6.45) is -1.13. The van der Waals surface area contributed by atoms with Gasteiger partial charge in [0.15, 0.2) is 5.78 Å². The van der Waals surface area contributed by atoms with E-state index >= 15 is 0 Å². The second kappa shape index (κ2) is 10.9. The number of ketones is 1. The van der Waals surface area contributed by atoms with Crippen molar-refractivity contribution in [3.8, 4) is 11.8 Å². The van der Waals surface area contributed by atoms with E-state index < -0.39 is 30.4 Å². The lowest BCUT2D eigenvalue weighted by atomic mass is 10.1. The van der Waals surface area contributed by atoms with Crippen LogP contribution < -0.4 is 16.4 Å². The van der Waals surface area contributed by atoms with Gasteiger partial charge in [0.05, 0.1) is 12.6 Å². The standard InChI is InChI=1S/C22H23N3O5/c1-14(27)21(19(28)13-26)25-22(30)17-8-4-15(5-9-17)2-3-16-6-10-18(11-7-16)24-20(29)12-23/h4-11,14,21,26-27H,12-13,23H2,1H3,(H,24,29)(H,25,30)/t14-,21+/m1/s1. The van der Waals surface area contributed by atoms with E-state index in [0.29, 0.717) is 11.3 Å². The average Bonchev–Trinajstić information content (AvgIpc) is 2.76. The molecule has 2 aromatic carbocycles. The summed E-state index contributed by atoms with van der Waals surface area (Å²) in [4.78, 5) is 35.1. The van der Waals surface area contributed by atoms with E-state index in [9.17, 15) is 19.5 Å². The summed E-state index contributed by atoms with van der Waals surface area (Å²) in [5.74, 6) is 4.45. The van der Waals surface area contributed by atoms with Gasteiger partial charge in [0.1, 0.15) is 12.6 Å². The molecule has 0 saturated heterocycles. The highest BCUT2D eigenvalue weighted by molar-refractivity contribution is 5.98. The topological polar surface area (TPSA) is 142 Å². The first kappa shape index (κ1) is 22.8. The van der Waals surface area contributed by atoms with Gasteiger partial charge >= 0.3 is 0 Å². The zero-order chi connectivity index (χ0) is 22.1. The van der Waals surface area contributed by atoms with Gasteiger partial charge in [0.25, 0.3) is 5.91 Å². The number of nitrogens with two attached hydrogens (primary N) is 1. The number of hydrogen-bond donors (Lipinski definition) is 5. The maximum absolute atomic E-state index is 12.3. The fourth-order valence-electron chi connectivity index (χ4n) is 2.49. The Morgan fingerprint density at radius 3 is 2.00 bits per heavy atom. The summed E-state index contributed by atoms with van der Waals surface area (Å²) in [6, 6.07) is 12.2. The molecule has 0 aliphatic heterocycles. The third kappa shape index (κ3) is 6.53. The van der Waals surface area contributed by atoms with E-state index in [1.807, 2.05) is 0 Å². The third-order valence-corrected chi connectivity index (χ3v) is 4.12. The van der Waals surface area contributed by atoms with Crippen LogP contribution in [0.2, 0.25) is 0 Å². The first-order chi connectivity index (χ1) is 14.3. The Bertz CT molecular complexity index is 957. The zero-order valence-corrected chi connectivity index (χ0v) is 16.4. The molecule has 0 aliphatic rings. The largest absolute Gasteiger partial charge is 0.391 e. The number of carbonyl (C=O) groups is 3. The van der Waals surface area contributed by atoms with Crippen LogP contribution in [-0.4, -0.2) is 53.1 Å². The van der Waals surface area contributed by atoms with Crippen LogP contribution >= 0.6 is 0 Å². The molecule has 2 aromatic rings. The predicted molar refractivity (Wildman–Crippen MR) is 112 cm³/mol. The Morgan fingerprint density at radius 1 is 1.00 bits per heavy atom. The van der Waals surface area contributed by atoms with Crippen molar-refractivity contribution in [3.05, 3.63) is 65.2 Å². The van der Waals surface area contributed by atoms with Crippen LogP contribution in [0.5, 0.6) is 0 Å². The molecule has 0 fully saturated rings. The molecule has 0 bridgehead atoms. The van der Waals surface area contributed by atoms with E-state index in [-0.39, 0.29) is 18.0 Å². The third-order valence-electron chi connectivity index (χ3n) is 4.12. The fraction of sp³-hybridized carbons (Fsp3) is 0.227. The number of rotatable bonds is 7. The molecule has 30 heavy (non-hydrogen) atoms. The van der Waals surface area contributed by atoms with Crippen LogP contribution in [-0.2, 0) is 9.59 Å². The van der Waals surface area contributed by atoms with Gasteiger partial charge in [0, 0.05) is 22.4 Å². The molecule has 2 atom stereocenters. The highest BCUT2D eigenvalue weighted by Gasteiger charge is 2.25. The minimum absolute atomic E-state index is 0.0903. The summed E-state index contributed by atoms with van der Waals surface area (Å²) in [7, 11) is 0. The van der Waals surface area contributed by atoms with Gasteiger partial charge in [-0.05, 0) is 55.5 Å². The lowest BCUT2D eigenvalue weighted by Gasteiger charge is -2.19. The lowest BCUT2D eigenvalue weighted by Crippen LogP contribution is -2.48. The Labute approximate surface area is 174 Å². The number of aliphatic hydroxyl groups excluding tert-OH is 2. The molecule has 8 heteroatoms. The van der Waals surface area contributed by atoms with Gasteiger partial charge in [-0.15, -0.1) is 0 Å². The summed E-state index contributed by atoms with van der Waals surface area (Å²) < 4.78 is 0. The van der Waals surface area contributed by atoms with Crippen molar-refractivity contribution in [2.75, 3.05) is 18.5 Å². The van der Waals surface area contributed by atoms with Gasteiger partial charge in [0.2, 0.25) is 5.91 Å². The number of hydrogen-bond acceptors (Lipinski definition) is 6. The van der Waals surface area contributed by atoms with Gasteiger partial charge < -0.3 is 26.6 Å². The molecule has 8 nitrogen and oxygen atoms in total. The molecule has 0 spiro atoms. The Morgan fingerprint density at radius 2 is 1.53 bits per heavy atom. The predicted octanol–water partition coefficient (Wildman–Crippen LogP) is 0.0242. The average molecular weight is 409 g/mol. The SMILES string of the molecule is C[C@@H](O)[C@H](NC(=O)c1ccc(C#Cc2ccc(NC(=O)CN)cc2)cc1)C(=O)CO. The molecule has 0 aliphatic carbocycles. The Kier molecular flexibility index (Phi) is 8.26. The highest BCUT2D eigenvalue weighted by atomic mass is 16.3. The summed E-state index contributed by atoms with van der Waals surface area (Å²) in [5.41, 5.74) is 7.58. The maximum Gasteiger partial charge on any atom is 0.251 e. The van der Waals surface area contributed by atoms with Crippen LogP contribution in [0, 0.1) is 11.8 Å².